The monoisotopic (exact) mass is 289 g/mol. The molecule has 1 aliphatic heterocycles. The number of likely N-dealkylation sites (tertiary alicyclic amines) is 1. The third-order valence-corrected chi connectivity index (χ3v) is 3.99. The van der Waals surface area contributed by atoms with E-state index in [9.17, 15) is 4.79 Å². The van der Waals surface area contributed by atoms with E-state index in [0.717, 1.165) is 18.8 Å². The van der Waals surface area contributed by atoms with Crippen molar-refractivity contribution in [2.45, 2.75) is 18.8 Å². The molecule has 21 heavy (non-hydrogen) atoms. The van der Waals surface area contributed by atoms with Crippen molar-refractivity contribution in [1.29, 1.82) is 0 Å². The molecule has 0 spiro atoms. The van der Waals surface area contributed by atoms with Crippen LogP contribution in [0.25, 0.3) is 0 Å². The molecule has 2 atom stereocenters. The van der Waals surface area contributed by atoms with Crippen LogP contribution in [0.3, 0.4) is 0 Å². The molecule has 1 saturated heterocycles. The van der Waals surface area contributed by atoms with Crippen molar-refractivity contribution in [3.63, 3.8) is 0 Å². The Labute approximate surface area is 126 Å². The van der Waals surface area contributed by atoms with Crippen molar-refractivity contribution < 1.29 is 14.6 Å². The first-order chi connectivity index (χ1) is 10.1. The smallest absolute Gasteiger partial charge is 0.303 e. The summed E-state index contributed by atoms with van der Waals surface area (Å²) in [5.74, 6) is 0.985. The van der Waals surface area contributed by atoms with E-state index in [4.69, 9.17) is 9.84 Å². The summed E-state index contributed by atoms with van der Waals surface area (Å²) in [6, 6.07) is 8.15. The molecular formula is C17H23NO3. The van der Waals surface area contributed by atoms with Crippen LogP contribution < -0.4 is 4.74 Å². The standard InChI is InChI=1S/C17H23NO3/c1-18-11-13(7-3-6-10-17(19)20)15(12-18)14-8-4-5-9-16(14)21-2/h3-5,7-9,13,15H,6,10-12H2,1-2H3,(H,19,20)/b7-3-/t13-,15-/m0/s1. The van der Waals surface area contributed by atoms with Crippen LogP contribution in [-0.2, 0) is 4.79 Å². The molecule has 2 rings (SSSR count). The van der Waals surface area contributed by atoms with Gasteiger partial charge in [-0.1, -0.05) is 30.4 Å². The summed E-state index contributed by atoms with van der Waals surface area (Å²) in [6.45, 7) is 1.99. The number of aliphatic carboxylic acids is 1. The lowest BCUT2D eigenvalue weighted by Crippen LogP contribution is -2.13. The summed E-state index contributed by atoms with van der Waals surface area (Å²) in [6.07, 6.45) is 4.95. The largest absolute Gasteiger partial charge is 0.496 e. The molecule has 1 N–H and O–H groups in total. The number of hydrogen-bond donors (Lipinski definition) is 1. The van der Waals surface area contributed by atoms with Crippen LogP contribution in [-0.4, -0.2) is 43.2 Å². The number of allylic oxidation sites excluding steroid dienone is 1. The number of carbonyl (C=O) groups is 1. The second-order valence-corrected chi connectivity index (χ2v) is 5.59. The van der Waals surface area contributed by atoms with Gasteiger partial charge in [0.2, 0.25) is 0 Å². The molecule has 1 heterocycles. The molecule has 1 fully saturated rings. The summed E-state index contributed by atoms with van der Waals surface area (Å²) in [5, 5.41) is 8.69. The number of para-hydroxylation sites is 1. The fraction of sp³-hybridized carbons (Fsp3) is 0.471. The second kappa shape index (κ2) is 7.27. The third-order valence-electron chi connectivity index (χ3n) is 3.99. The lowest BCUT2D eigenvalue weighted by atomic mass is 9.88. The highest BCUT2D eigenvalue weighted by atomic mass is 16.5. The maximum absolute atomic E-state index is 10.6. The van der Waals surface area contributed by atoms with Crippen molar-refractivity contribution in [2.75, 3.05) is 27.2 Å². The van der Waals surface area contributed by atoms with Gasteiger partial charge in [-0.15, -0.1) is 0 Å². The van der Waals surface area contributed by atoms with Gasteiger partial charge in [-0.3, -0.25) is 4.79 Å². The summed E-state index contributed by atoms with van der Waals surface area (Å²) in [7, 11) is 3.82. The van der Waals surface area contributed by atoms with Gasteiger partial charge < -0.3 is 14.7 Å². The fourth-order valence-electron chi connectivity index (χ4n) is 3.01. The van der Waals surface area contributed by atoms with Crippen molar-refractivity contribution in [1.82, 2.24) is 4.90 Å². The van der Waals surface area contributed by atoms with Gasteiger partial charge in [-0.05, 0) is 31.0 Å². The number of carboxylic acid groups (broad SMARTS) is 1. The lowest BCUT2D eigenvalue weighted by molar-refractivity contribution is -0.136. The van der Waals surface area contributed by atoms with Crippen LogP contribution in [0.2, 0.25) is 0 Å². The Kier molecular flexibility index (Phi) is 5.39. The summed E-state index contributed by atoms with van der Waals surface area (Å²) in [4.78, 5) is 12.9. The molecule has 0 amide bonds. The molecule has 1 aliphatic rings. The third kappa shape index (κ3) is 4.08. The average molecular weight is 289 g/mol. The molecule has 114 valence electrons. The number of nitrogens with zero attached hydrogens (tertiary/aromatic N) is 1. The number of carboxylic acids is 1. The predicted octanol–water partition coefficient (Wildman–Crippen LogP) is 2.76. The molecule has 0 aromatic heterocycles. The minimum atomic E-state index is -0.746. The Morgan fingerprint density at radius 2 is 2.19 bits per heavy atom. The van der Waals surface area contributed by atoms with Crippen LogP contribution in [0.1, 0.15) is 24.3 Å². The van der Waals surface area contributed by atoms with E-state index in [1.807, 2.05) is 24.3 Å². The minimum Gasteiger partial charge on any atom is -0.496 e. The SMILES string of the molecule is COc1ccccc1[C@H]1CN(C)C[C@@H]1/C=C\CCC(=O)O. The molecule has 0 bridgehead atoms. The topological polar surface area (TPSA) is 49.8 Å². The van der Waals surface area contributed by atoms with Gasteiger partial charge in [-0.25, -0.2) is 0 Å². The van der Waals surface area contributed by atoms with Gasteiger partial charge in [0.05, 0.1) is 7.11 Å². The van der Waals surface area contributed by atoms with Gasteiger partial charge >= 0.3 is 5.97 Å². The normalized spacial score (nSPS) is 22.8. The number of ether oxygens (including phenoxy) is 1. The number of rotatable bonds is 6. The van der Waals surface area contributed by atoms with Crippen molar-refractivity contribution in [3.8, 4) is 5.75 Å². The zero-order valence-corrected chi connectivity index (χ0v) is 12.7. The highest BCUT2D eigenvalue weighted by molar-refractivity contribution is 5.66. The first-order valence-electron chi connectivity index (χ1n) is 7.31. The number of benzene rings is 1. The first kappa shape index (κ1) is 15.6. The van der Waals surface area contributed by atoms with Gasteiger partial charge in [0.1, 0.15) is 5.75 Å². The van der Waals surface area contributed by atoms with Crippen LogP contribution in [0, 0.1) is 5.92 Å². The number of methoxy groups -OCH3 is 1. The highest BCUT2D eigenvalue weighted by Gasteiger charge is 2.31. The molecule has 4 nitrogen and oxygen atoms in total. The predicted molar refractivity (Wildman–Crippen MR) is 82.7 cm³/mol. The van der Waals surface area contributed by atoms with Gasteiger partial charge in [0.15, 0.2) is 0 Å². The second-order valence-electron chi connectivity index (χ2n) is 5.59. The molecule has 0 aliphatic carbocycles. The summed E-state index contributed by atoms with van der Waals surface area (Å²) < 4.78 is 5.48. The van der Waals surface area contributed by atoms with Crippen molar-refractivity contribution in [3.05, 3.63) is 42.0 Å². The Morgan fingerprint density at radius 3 is 2.90 bits per heavy atom. The Morgan fingerprint density at radius 1 is 1.43 bits per heavy atom. The van der Waals surface area contributed by atoms with Crippen LogP contribution >= 0.6 is 0 Å². The van der Waals surface area contributed by atoms with Gasteiger partial charge in [0.25, 0.3) is 0 Å². The van der Waals surface area contributed by atoms with Crippen LogP contribution in [0.15, 0.2) is 36.4 Å². The quantitative estimate of drug-likeness (QED) is 0.818. The maximum atomic E-state index is 10.6. The minimum absolute atomic E-state index is 0.193. The summed E-state index contributed by atoms with van der Waals surface area (Å²) in [5.41, 5.74) is 1.23. The molecule has 0 saturated carbocycles. The zero-order chi connectivity index (χ0) is 15.2. The Hall–Kier alpha value is -1.81. The zero-order valence-electron chi connectivity index (χ0n) is 12.7. The summed E-state index contributed by atoms with van der Waals surface area (Å²) >= 11 is 0. The van der Waals surface area contributed by atoms with E-state index in [-0.39, 0.29) is 6.42 Å². The van der Waals surface area contributed by atoms with E-state index in [2.05, 4.69) is 24.1 Å². The highest BCUT2D eigenvalue weighted by Crippen LogP contribution is 2.37. The fourth-order valence-corrected chi connectivity index (χ4v) is 3.01. The number of hydrogen-bond acceptors (Lipinski definition) is 3. The van der Waals surface area contributed by atoms with E-state index in [1.165, 1.54) is 5.56 Å². The van der Waals surface area contributed by atoms with Crippen LogP contribution in [0.5, 0.6) is 5.75 Å². The average Bonchev–Trinajstić information content (AvgIpc) is 2.84. The first-order valence-corrected chi connectivity index (χ1v) is 7.31. The Balaban J connectivity index is 2.11. The van der Waals surface area contributed by atoms with Crippen molar-refractivity contribution in [2.24, 2.45) is 5.92 Å². The van der Waals surface area contributed by atoms with E-state index in [0.29, 0.717) is 18.3 Å². The Bertz CT molecular complexity index is 513. The molecular weight excluding hydrogens is 266 g/mol. The molecule has 0 unspecified atom stereocenters. The molecule has 1 aromatic rings. The van der Waals surface area contributed by atoms with E-state index < -0.39 is 5.97 Å². The molecule has 1 aromatic carbocycles. The number of likely N-dealkylation sites (N-methyl/N-ethyl adjacent to an activating group) is 1. The van der Waals surface area contributed by atoms with Crippen molar-refractivity contribution >= 4 is 5.97 Å². The molecule has 4 heteroatoms. The molecule has 0 radical (unpaired) electrons. The van der Waals surface area contributed by atoms with E-state index in [1.54, 1.807) is 7.11 Å². The van der Waals surface area contributed by atoms with Gasteiger partial charge in [-0.2, -0.15) is 0 Å². The van der Waals surface area contributed by atoms with Crippen LogP contribution in [0.4, 0.5) is 0 Å². The maximum Gasteiger partial charge on any atom is 0.303 e. The lowest BCUT2D eigenvalue weighted by Gasteiger charge is -2.18. The van der Waals surface area contributed by atoms with Gasteiger partial charge in [0, 0.05) is 25.4 Å². The van der Waals surface area contributed by atoms with E-state index >= 15 is 0 Å².